The third-order valence-electron chi connectivity index (χ3n) is 13.0. The lowest BCUT2D eigenvalue weighted by molar-refractivity contribution is 0.660. The first-order chi connectivity index (χ1) is 30.0. The first-order valence-corrected chi connectivity index (χ1v) is 21.2. The Morgan fingerprint density at radius 3 is 1.87 bits per heavy atom. The Labute approximate surface area is 355 Å². The molecule has 12 rings (SSSR count). The molecule has 1 heterocycles. The van der Waals surface area contributed by atoms with Crippen molar-refractivity contribution in [2.75, 3.05) is 4.90 Å². The van der Waals surface area contributed by atoms with Crippen LogP contribution in [0.2, 0.25) is 0 Å². The Morgan fingerprint density at radius 2 is 0.984 bits per heavy atom. The maximum Gasteiger partial charge on any atom is 0.137 e. The number of fused-ring (bicyclic) bond motifs is 8. The first kappa shape index (κ1) is 35.3. The maximum atomic E-state index is 6.58. The Morgan fingerprint density at radius 1 is 0.361 bits per heavy atom. The highest BCUT2D eigenvalue weighted by atomic mass is 16.3. The standard InChI is InChI=1S/C59H41NO/c1-59(2)53-23-10-8-19-48(53)49-32-30-44(36-54(49)59)60(45-31-33-51-50-20-9-11-25-56(50)61-57(51)37-45)55-24-13-21-47(58(55)52-22-12-17-39-16-6-7-18-46(39)52)43-29-28-41-34-40(26-27-42(41)35-43)38-14-4-3-5-15-38/h3-37H,1-2H3. The fourth-order valence-electron chi connectivity index (χ4n) is 10.0. The molecule has 11 aromatic rings. The fraction of sp³-hybridized carbons (Fsp3) is 0.0508. The summed E-state index contributed by atoms with van der Waals surface area (Å²) in [6, 6.07) is 77.6. The molecular weight excluding hydrogens is 739 g/mol. The van der Waals surface area contributed by atoms with Gasteiger partial charge in [-0.1, -0.05) is 172 Å². The van der Waals surface area contributed by atoms with Crippen LogP contribution in [0.25, 0.3) is 88.0 Å². The number of furan rings is 1. The van der Waals surface area contributed by atoms with E-state index < -0.39 is 0 Å². The molecule has 2 heteroatoms. The summed E-state index contributed by atoms with van der Waals surface area (Å²) < 4.78 is 6.58. The third kappa shape index (κ3) is 5.64. The molecule has 1 aromatic heterocycles. The largest absolute Gasteiger partial charge is 0.456 e. The molecule has 0 amide bonds. The molecule has 288 valence electrons. The number of hydrogen-bond acceptors (Lipinski definition) is 2. The van der Waals surface area contributed by atoms with Crippen molar-refractivity contribution in [2.24, 2.45) is 0 Å². The SMILES string of the molecule is CC1(C)c2ccccc2-c2ccc(N(c3ccc4c(c3)oc3ccccc34)c3cccc(-c4ccc5cc(-c6ccccc6)ccc5c4)c3-c3cccc4ccccc34)cc21. The zero-order valence-corrected chi connectivity index (χ0v) is 34.1. The minimum Gasteiger partial charge on any atom is -0.456 e. The van der Waals surface area contributed by atoms with Gasteiger partial charge >= 0.3 is 0 Å². The molecule has 0 N–H and O–H groups in total. The van der Waals surface area contributed by atoms with Crippen LogP contribution in [0.4, 0.5) is 17.1 Å². The topological polar surface area (TPSA) is 16.4 Å². The lowest BCUT2D eigenvalue weighted by atomic mass is 9.82. The van der Waals surface area contributed by atoms with Gasteiger partial charge in [0.1, 0.15) is 11.2 Å². The lowest BCUT2D eigenvalue weighted by Gasteiger charge is -2.31. The quantitative estimate of drug-likeness (QED) is 0.167. The third-order valence-corrected chi connectivity index (χ3v) is 13.0. The molecule has 0 spiro atoms. The summed E-state index contributed by atoms with van der Waals surface area (Å²) in [4.78, 5) is 2.46. The van der Waals surface area contributed by atoms with E-state index in [1.165, 1.54) is 77.2 Å². The number of benzene rings is 10. The fourth-order valence-corrected chi connectivity index (χ4v) is 10.0. The zero-order valence-electron chi connectivity index (χ0n) is 34.1. The minimum atomic E-state index is -0.165. The van der Waals surface area contributed by atoms with E-state index in [1.807, 2.05) is 6.07 Å². The second kappa shape index (κ2) is 13.7. The molecule has 0 saturated carbocycles. The highest BCUT2D eigenvalue weighted by molar-refractivity contribution is 6.09. The van der Waals surface area contributed by atoms with Crippen molar-refractivity contribution in [2.45, 2.75) is 19.3 Å². The number of hydrogen-bond donors (Lipinski definition) is 0. The summed E-state index contributed by atoms with van der Waals surface area (Å²) in [6.07, 6.45) is 0. The van der Waals surface area contributed by atoms with Gasteiger partial charge in [-0.15, -0.1) is 0 Å². The van der Waals surface area contributed by atoms with Gasteiger partial charge in [0.2, 0.25) is 0 Å². The van der Waals surface area contributed by atoms with Crippen LogP contribution in [0.15, 0.2) is 217 Å². The van der Waals surface area contributed by atoms with Crippen molar-refractivity contribution in [3.8, 4) is 44.5 Å². The van der Waals surface area contributed by atoms with Crippen LogP contribution < -0.4 is 4.90 Å². The van der Waals surface area contributed by atoms with Crippen LogP contribution >= 0.6 is 0 Å². The lowest BCUT2D eigenvalue weighted by Crippen LogP contribution is -2.17. The van der Waals surface area contributed by atoms with Gasteiger partial charge in [0.15, 0.2) is 0 Å². The van der Waals surface area contributed by atoms with Gasteiger partial charge in [-0.3, -0.25) is 0 Å². The van der Waals surface area contributed by atoms with E-state index >= 15 is 0 Å². The van der Waals surface area contributed by atoms with Gasteiger partial charge in [-0.25, -0.2) is 0 Å². The van der Waals surface area contributed by atoms with Crippen LogP contribution in [0.1, 0.15) is 25.0 Å². The second-order valence-corrected chi connectivity index (χ2v) is 16.9. The molecule has 1 aliphatic rings. The molecule has 0 bridgehead atoms. The van der Waals surface area contributed by atoms with Crippen LogP contribution in [0, 0.1) is 0 Å². The number of rotatable bonds is 6. The normalized spacial score (nSPS) is 12.9. The van der Waals surface area contributed by atoms with E-state index in [-0.39, 0.29) is 5.41 Å². The predicted molar refractivity (Wildman–Crippen MR) is 257 cm³/mol. The van der Waals surface area contributed by atoms with E-state index in [2.05, 4.69) is 225 Å². The summed E-state index contributed by atoms with van der Waals surface area (Å²) in [5, 5.41) is 7.08. The minimum absolute atomic E-state index is 0.165. The van der Waals surface area contributed by atoms with Gasteiger partial charge in [0.25, 0.3) is 0 Å². The smallest absolute Gasteiger partial charge is 0.137 e. The average molecular weight is 780 g/mol. The van der Waals surface area contributed by atoms with Crippen molar-refractivity contribution < 1.29 is 4.42 Å². The highest BCUT2D eigenvalue weighted by Crippen LogP contribution is 2.53. The summed E-state index contributed by atoms with van der Waals surface area (Å²) in [7, 11) is 0. The van der Waals surface area contributed by atoms with Gasteiger partial charge in [0.05, 0.1) is 5.69 Å². The Bertz CT molecular complexity index is 3510. The van der Waals surface area contributed by atoms with Crippen LogP contribution in [-0.2, 0) is 5.41 Å². The van der Waals surface area contributed by atoms with E-state index in [4.69, 9.17) is 4.42 Å². The van der Waals surface area contributed by atoms with Crippen molar-refractivity contribution in [1.82, 2.24) is 0 Å². The summed E-state index contributed by atoms with van der Waals surface area (Å²) in [5.74, 6) is 0. The van der Waals surface area contributed by atoms with Crippen molar-refractivity contribution >= 4 is 60.5 Å². The molecule has 0 aliphatic heterocycles. The number of para-hydroxylation sites is 1. The van der Waals surface area contributed by atoms with Crippen LogP contribution in [0.5, 0.6) is 0 Å². The van der Waals surface area contributed by atoms with E-state index in [9.17, 15) is 0 Å². The monoisotopic (exact) mass is 779 g/mol. The Balaban J connectivity index is 1.12. The second-order valence-electron chi connectivity index (χ2n) is 16.9. The zero-order chi connectivity index (χ0) is 40.7. The number of anilines is 3. The van der Waals surface area contributed by atoms with Crippen molar-refractivity contribution in [1.29, 1.82) is 0 Å². The van der Waals surface area contributed by atoms with Crippen LogP contribution in [-0.4, -0.2) is 0 Å². The molecule has 0 atom stereocenters. The molecule has 0 saturated heterocycles. The number of nitrogens with zero attached hydrogens (tertiary/aromatic N) is 1. The van der Waals surface area contributed by atoms with E-state index in [0.29, 0.717) is 0 Å². The molecule has 0 fully saturated rings. The van der Waals surface area contributed by atoms with E-state index in [0.717, 1.165) is 39.0 Å². The average Bonchev–Trinajstić information content (AvgIpc) is 3.80. The molecule has 0 radical (unpaired) electrons. The first-order valence-electron chi connectivity index (χ1n) is 21.2. The van der Waals surface area contributed by atoms with E-state index in [1.54, 1.807) is 0 Å². The summed E-state index contributed by atoms with van der Waals surface area (Å²) in [6.45, 7) is 4.72. The van der Waals surface area contributed by atoms with Gasteiger partial charge < -0.3 is 9.32 Å². The van der Waals surface area contributed by atoms with Crippen molar-refractivity contribution in [3.05, 3.63) is 223 Å². The van der Waals surface area contributed by atoms with Gasteiger partial charge in [-0.2, -0.15) is 0 Å². The summed E-state index contributed by atoms with van der Waals surface area (Å²) >= 11 is 0. The van der Waals surface area contributed by atoms with Gasteiger partial charge in [-0.05, 0) is 120 Å². The molecule has 10 aromatic carbocycles. The molecule has 2 nitrogen and oxygen atoms in total. The Hall–Kier alpha value is -7.68. The molecule has 0 unspecified atom stereocenters. The van der Waals surface area contributed by atoms with Crippen LogP contribution in [0.3, 0.4) is 0 Å². The summed E-state index contributed by atoms with van der Waals surface area (Å²) in [5.41, 5.74) is 17.3. The Kier molecular flexibility index (Phi) is 7.92. The highest BCUT2D eigenvalue weighted by Gasteiger charge is 2.36. The van der Waals surface area contributed by atoms with Crippen molar-refractivity contribution in [3.63, 3.8) is 0 Å². The molecule has 61 heavy (non-hydrogen) atoms. The predicted octanol–water partition coefficient (Wildman–Crippen LogP) is 16.7. The maximum absolute atomic E-state index is 6.58. The van der Waals surface area contributed by atoms with Gasteiger partial charge in [0, 0.05) is 39.2 Å². The molecular formula is C59H41NO. The molecule has 1 aliphatic carbocycles.